The molecule has 0 spiro atoms. The van der Waals surface area contributed by atoms with Gasteiger partial charge in [-0.3, -0.25) is 0 Å². The van der Waals surface area contributed by atoms with Gasteiger partial charge >= 0.3 is 0 Å². The van der Waals surface area contributed by atoms with Crippen LogP contribution in [-0.4, -0.2) is 24.9 Å². The van der Waals surface area contributed by atoms with Gasteiger partial charge in [-0.2, -0.15) is 0 Å². The number of hydrogen-bond donors (Lipinski definition) is 0. The fourth-order valence-corrected chi connectivity index (χ4v) is 7.52. The van der Waals surface area contributed by atoms with E-state index in [4.69, 9.17) is 33.8 Å². The summed E-state index contributed by atoms with van der Waals surface area (Å²) in [6.45, 7) is 0. The SMILES string of the molecule is c1ccc(-c2cccc(-c3nc(-c4ccccc4)nc(-c4cccc5oc6c(-c7nc(-c8ccccc8)c8oc9ccccc9c8n7)cccc6c45)n3)c2)cc1. The minimum absolute atomic E-state index is 0.543. The van der Waals surface area contributed by atoms with Gasteiger partial charge in [0.1, 0.15) is 28.0 Å². The summed E-state index contributed by atoms with van der Waals surface area (Å²) in [6, 6.07) is 58.8. The lowest BCUT2D eigenvalue weighted by Crippen LogP contribution is -2.00. The molecule has 0 fully saturated rings. The van der Waals surface area contributed by atoms with Crippen LogP contribution in [-0.2, 0) is 0 Å². The first kappa shape index (κ1) is 31.7. The van der Waals surface area contributed by atoms with Crippen molar-refractivity contribution in [3.8, 4) is 67.9 Å². The molecule has 11 aromatic rings. The predicted octanol–water partition coefficient (Wildman–Crippen LogP) is 12.5. The highest BCUT2D eigenvalue weighted by atomic mass is 16.3. The second-order valence-electron chi connectivity index (χ2n) is 13.6. The molecule has 0 aliphatic carbocycles. The zero-order valence-corrected chi connectivity index (χ0v) is 29.8. The highest BCUT2D eigenvalue weighted by molar-refractivity contribution is 6.15. The molecule has 0 aliphatic rings. The van der Waals surface area contributed by atoms with E-state index in [0.717, 1.165) is 71.9 Å². The molecule has 0 radical (unpaired) electrons. The molecule has 0 N–H and O–H groups in total. The monoisotopic (exact) mass is 719 g/mol. The molecule has 4 heterocycles. The Labute approximate surface area is 320 Å². The van der Waals surface area contributed by atoms with Crippen LogP contribution < -0.4 is 0 Å². The molecule has 7 nitrogen and oxygen atoms in total. The van der Waals surface area contributed by atoms with Gasteiger partial charge < -0.3 is 8.83 Å². The van der Waals surface area contributed by atoms with Gasteiger partial charge in [0.25, 0.3) is 0 Å². The number of fused-ring (bicyclic) bond motifs is 6. The zero-order valence-electron chi connectivity index (χ0n) is 29.8. The molecule has 4 aromatic heterocycles. The second-order valence-corrected chi connectivity index (χ2v) is 13.6. The van der Waals surface area contributed by atoms with Crippen molar-refractivity contribution in [2.24, 2.45) is 0 Å². The Morgan fingerprint density at radius 1 is 0.321 bits per heavy atom. The Hall–Kier alpha value is -7.77. The molecule has 0 aliphatic heterocycles. The summed E-state index contributed by atoms with van der Waals surface area (Å²) in [5.41, 5.74) is 10.8. The standard InChI is InChI=1S/C49H29N5O2/c1-4-15-30(16-5-1)33-21-12-22-34(29-33)47-52-46(32-19-8-3-9-20-32)53-48(54-47)37-25-14-28-40-41(37)36-24-13-26-38(44(36)56-40)49-50-42(31-17-6-2-7-18-31)45-43(51-49)35-23-10-11-27-39(35)55-45/h1-29H. The maximum absolute atomic E-state index is 6.75. The number of benzene rings is 7. The smallest absolute Gasteiger partial charge is 0.180 e. The van der Waals surface area contributed by atoms with Crippen LogP contribution in [0.5, 0.6) is 0 Å². The zero-order chi connectivity index (χ0) is 37.0. The summed E-state index contributed by atoms with van der Waals surface area (Å²) >= 11 is 0. The Morgan fingerprint density at radius 2 is 0.857 bits per heavy atom. The maximum Gasteiger partial charge on any atom is 0.180 e. The quantitative estimate of drug-likeness (QED) is 0.169. The molecule has 56 heavy (non-hydrogen) atoms. The van der Waals surface area contributed by atoms with E-state index >= 15 is 0 Å². The summed E-state index contributed by atoms with van der Waals surface area (Å²) < 4.78 is 13.1. The van der Waals surface area contributed by atoms with Gasteiger partial charge in [0.2, 0.25) is 0 Å². The molecular formula is C49H29N5O2. The Balaban J connectivity index is 1.12. The van der Waals surface area contributed by atoms with Gasteiger partial charge in [-0.15, -0.1) is 0 Å². The van der Waals surface area contributed by atoms with Crippen LogP contribution in [0.1, 0.15) is 0 Å². The highest BCUT2D eigenvalue weighted by Crippen LogP contribution is 2.42. The molecule has 0 saturated carbocycles. The molecule has 11 rings (SSSR count). The first-order chi connectivity index (χ1) is 27.7. The fourth-order valence-electron chi connectivity index (χ4n) is 7.52. The Kier molecular flexibility index (Phi) is 7.35. The van der Waals surface area contributed by atoms with E-state index in [1.165, 1.54) is 0 Å². The van der Waals surface area contributed by atoms with Crippen molar-refractivity contribution in [2.45, 2.75) is 0 Å². The van der Waals surface area contributed by atoms with Gasteiger partial charge in [0.15, 0.2) is 28.9 Å². The average molecular weight is 720 g/mol. The molecule has 0 bridgehead atoms. The van der Waals surface area contributed by atoms with Gasteiger partial charge in [0.05, 0.1) is 5.56 Å². The third-order valence-electron chi connectivity index (χ3n) is 10.2. The van der Waals surface area contributed by atoms with Gasteiger partial charge in [-0.05, 0) is 41.5 Å². The third-order valence-corrected chi connectivity index (χ3v) is 10.2. The van der Waals surface area contributed by atoms with Crippen LogP contribution in [0.3, 0.4) is 0 Å². The van der Waals surface area contributed by atoms with Crippen LogP contribution in [0.4, 0.5) is 0 Å². The van der Waals surface area contributed by atoms with Crippen LogP contribution in [0.15, 0.2) is 185 Å². The summed E-state index contributed by atoms with van der Waals surface area (Å²) in [5, 5.41) is 2.73. The van der Waals surface area contributed by atoms with Crippen molar-refractivity contribution in [1.82, 2.24) is 24.9 Å². The first-order valence-corrected chi connectivity index (χ1v) is 18.4. The van der Waals surface area contributed by atoms with Gasteiger partial charge in [-0.1, -0.05) is 146 Å². The summed E-state index contributed by atoms with van der Waals surface area (Å²) in [5.74, 6) is 2.26. The second kappa shape index (κ2) is 13.0. The van der Waals surface area contributed by atoms with Crippen molar-refractivity contribution < 1.29 is 8.83 Å². The van der Waals surface area contributed by atoms with Crippen molar-refractivity contribution in [2.75, 3.05) is 0 Å². The lowest BCUT2D eigenvalue weighted by atomic mass is 10.0. The molecular weight excluding hydrogens is 691 g/mol. The topological polar surface area (TPSA) is 90.7 Å². The van der Waals surface area contributed by atoms with Crippen LogP contribution in [0.2, 0.25) is 0 Å². The fraction of sp³-hybridized carbons (Fsp3) is 0. The summed E-state index contributed by atoms with van der Waals surface area (Å²) in [7, 11) is 0. The summed E-state index contributed by atoms with van der Waals surface area (Å²) in [6.07, 6.45) is 0. The first-order valence-electron chi connectivity index (χ1n) is 18.4. The number of para-hydroxylation sites is 2. The molecule has 0 unspecified atom stereocenters. The number of furan rings is 2. The Morgan fingerprint density at radius 3 is 1.66 bits per heavy atom. The van der Waals surface area contributed by atoms with Gasteiger partial charge in [0, 0.05) is 38.4 Å². The number of aromatic nitrogens is 5. The highest BCUT2D eigenvalue weighted by Gasteiger charge is 2.23. The van der Waals surface area contributed by atoms with Crippen molar-refractivity contribution in [1.29, 1.82) is 0 Å². The normalized spacial score (nSPS) is 11.6. The van der Waals surface area contributed by atoms with E-state index in [1.54, 1.807) is 0 Å². The molecule has 262 valence electrons. The number of rotatable bonds is 6. The minimum Gasteiger partial charge on any atom is -0.455 e. The molecule has 0 saturated heterocycles. The summed E-state index contributed by atoms with van der Waals surface area (Å²) in [4.78, 5) is 25.6. The molecule has 0 atom stereocenters. The Bertz CT molecular complexity index is 3250. The number of hydrogen-bond acceptors (Lipinski definition) is 7. The molecule has 7 heteroatoms. The van der Waals surface area contributed by atoms with E-state index in [1.807, 2.05) is 146 Å². The lowest BCUT2D eigenvalue weighted by molar-refractivity contribution is 0.666. The van der Waals surface area contributed by atoms with E-state index < -0.39 is 0 Å². The minimum atomic E-state index is 0.543. The predicted molar refractivity (Wildman–Crippen MR) is 223 cm³/mol. The largest absolute Gasteiger partial charge is 0.455 e. The maximum atomic E-state index is 6.75. The van der Waals surface area contributed by atoms with E-state index in [9.17, 15) is 0 Å². The number of nitrogens with zero attached hydrogens (tertiary/aromatic N) is 5. The van der Waals surface area contributed by atoms with E-state index in [-0.39, 0.29) is 0 Å². The van der Waals surface area contributed by atoms with E-state index in [2.05, 4.69) is 30.3 Å². The van der Waals surface area contributed by atoms with Crippen LogP contribution >= 0.6 is 0 Å². The van der Waals surface area contributed by atoms with Crippen molar-refractivity contribution >= 4 is 44.0 Å². The lowest BCUT2D eigenvalue weighted by Gasteiger charge is -2.10. The van der Waals surface area contributed by atoms with Crippen LogP contribution in [0.25, 0.3) is 112 Å². The van der Waals surface area contributed by atoms with E-state index in [0.29, 0.717) is 40.0 Å². The van der Waals surface area contributed by atoms with Crippen molar-refractivity contribution in [3.63, 3.8) is 0 Å². The van der Waals surface area contributed by atoms with Gasteiger partial charge in [-0.25, -0.2) is 24.9 Å². The molecule has 0 amide bonds. The third kappa shape index (κ3) is 5.33. The van der Waals surface area contributed by atoms with Crippen molar-refractivity contribution in [3.05, 3.63) is 176 Å². The average Bonchev–Trinajstić information content (AvgIpc) is 3.86. The van der Waals surface area contributed by atoms with Crippen LogP contribution in [0, 0.1) is 0 Å². The molecule has 7 aromatic carbocycles.